The highest BCUT2D eigenvalue weighted by Gasteiger charge is 2.28. The van der Waals surface area contributed by atoms with Crippen LogP contribution in [0.4, 0.5) is 4.39 Å². The Labute approximate surface area is 165 Å². The van der Waals surface area contributed by atoms with Crippen molar-refractivity contribution in [1.82, 2.24) is 15.1 Å². The van der Waals surface area contributed by atoms with Gasteiger partial charge in [-0.2, -0.15) is 5.10 Å². The van der Waals surface area contributed by atoms with Crippen LogP contribution in [-0.4, -0.2) is 40.6 Å². The summed E-state index contributed by atoms with van der Waals surface area (Å²) in [5.74, 6) is -2.11. The number of nitrogens with one attached hydrogen (secondary N) is 1. The lowest BCUT2D eigenvalue weighted by atomic mass is 9.95. The summed E-state index contributed by atoms with van der Waals surface area (Å²) in [5.41, 5.74) is -0.440. The van der Waals surface area contributed by atoms with Crippen LogP contribution in [0.1, 0.15) is 22.0 Å². The lowest BCUT2D eigenvalue weighted by molar-refractivity contribution is 0.0236. The molecule has 0 bridgehead atoms. The van der Waals surface area contributed by atoms with E-state index in [-0.39, 0.29) is 35.5 Å². The van der Waals surface area contributed by atoms with Gasteiger partial charge in [0.2, 0.25) is 0 Å². The molecular weight excluding hydrogens is 400 g/mol. The number of carboxylic acids is 1. The van der Waals surface area contributed by atoms with E-state index in [4.69, 9.17) is 21.4 Å². The van der Waals surface area contributed by atoms with E-state index in [1.807, 2.05) is 0 Å². The molecular formula is C17H18Cl2FN3O4. The zero-order valence-electron chi connectivity index (χ0n) is 14.1. The van der Waals surface area contributed by atoms with Crippen LogP contribution in [0, 0.1) is 11.7 Å². The van der Waals surface area contributed by atoms with Crippen molar-refractivity contribution in [3.8, 4) is 0 Å². The second-order valence-electron chi connectivity index (χ2n) is 5.97. The molecule has 0 aliphatic carbocycles. The van der Waals surface area contributed by atoms with E-state index in [1.54, 1.807) is 6.07 Å². The van der Waals surface area contributed by atoms with E-state index in [1.165, 1.54) is 18.3 Å². The molecule has 10 heteroatoms. The fourth-order valence-corrected chi connectivity index (χ4v) is 3.09. The van der Waals surface area contributed by atoms with Crippen molar-refractivity contribution in [1.29, 1.82) is 0 Å². The minimum absolute atomic E-state index is 0. The molecule has 3 rings (SSSR count). The van der Waals surface area contributed by atoms with Gasteiger partial charge in [0.25, 0.3) is 5.56 Å². The number of ether oxygens (including phenoxy) is 1. The lowest BCUT2D eigenvalue weighted by Gasteiger charge is -2.25. The van der Waals surface area contributed by atoms with E-state index in [9.17, 15) is 14.0 Å². The first-order chi connectivity index (χ1) is 12.5. The van der Waals surface area contributed by atoms with Crippen LogP contribution in [0.25, 0.3) is 0 Å². The van der Waals surface area contributed by atoms with Gasteiger partial charge in [0.1, 0.15) is 11.4 Å². The molecule has 0 spiro atoms. The largest absolute Gasteiger partial charge is 0.477 e. The predicted molar refractivity (Wildman–Crippen MR) is 99.2 cm³/mol. The van der Waals surface area contributed by atoms with Gasteiger partial charge in [-0.15, -0.1) is 12.4 Å². The zero-order chi connectivity index (χ0) is 18.7. The van der Waals surface area contributed by atoms with Crippen molar-refractivity contribution in [2.45, 2.75) is 12.6 Å². The Hall–Kier alpha value is -2.00. The number of hydrogen-bond acceptors (Lipinski definition) is 5. The molecule has 1 saturated heterocycles. The molecule has 7 nitrogen and oxygen atoms in total. The summed E-state index contributed by atoms with van der Waals surface area (Å²) in [6, 6.07) is 5.61. The highest BCUT2D eigenvalue weighted by molar-refractivity contribution is 6.30. The maximum Gasteiger partial charge on any atom is 0.341 e. The second kappa shape index (κ2) is 9.27. The van der Waals surface area contributed by atoms with Gasteiger partial charge in [0.05, 0.1) is 24.3 Å². The molecule has 2 heterocycles. The smallest absolute Gasteiger partial charge is 0.341 e. The molecule has 27 heavy (non-hydrogen) atoms. The maximum atomic E-state index is 13.9. The van der Waals surface area contributed by atoms with Gasteiger partial charge >= 0.3 is 5.97 Å². The Bertz CT molecular complexity index is 877. The predicted octanol–water partition coefficient (Wildman–Crippen LogP) is 2.13. The number of nitrogens with zero attached hydrogens (tertiary/aromatic N) is 2. The molecule has 1 fully saturated rings. The van der Waals surface area contributed by atoms with Gasteiger partial charge in [0.15, 0.2) is 0 Å². The molecule has 0 amide bonds. The van der Waals surface area contributed by atoms with Crippen LogP contribution in [0.3, 0.4) is 0 Å². The SMILES string of the molecule is Cl.O=C(O)c1ccnn(C[C@@H]2CNCCO[C@H]2c2ccc(Cl)c(F)c2)c1=O. The van der Waals surface area contributed by atoms with E-state index in [2.05, 4.69) is 10.4 Å². The molecule has 2 aromatic rings. The number of halogens is 3. The summed E-state index contributed by atoms with van der Waals surface area (Å²) in [6.45, 7) is 1.66. The Morgan fingerprint density at radius 2 is 2.22 bits per heavy atom. The van der Waals surface area contributed by atoms with Gasteiger partial charge in [-0.25, -0.2) is 13.9 Å². The van der Waals surface area contributed by atoms with Crippen molar-refractivity contribution in [2.24, 2.45) is 5.92 Å². The number of rotatable bonds is 4. The average molecular weight is 418 g/mol. The van der Waals surface area contributed by atoms with Crippen LogP contribution in [-0.2, 0) is 11.3 Å². The molecule has 0 saturated carbocycles. The standard InChI is InChI=1S/C17H17ClFN3O4.ClH/c18-13-2-1-10(7-14(13)19)15-11(8-20-5-6-26-15)9-22-16(23)12(17(24)25)3-4-21-22;/h1-4,7,11,15,20H,5-6,8-9H2,(H,24,25);1H/t11-,15-;/m0./s1. The minimum Gasteiger partial charge on any atom is -0.477 e. The average Bonchev–Trinajstić information content (AvgIpc) is 2.84. The van der Waals surface area contributed by atoms with E-state index < -0.39 is 23.4 Å². The number of aromatic carboxylic acids is 1. The van der Waals surface area contributed by atoms with Crippen LogP contribution < -0.4 is 10.9 Å². The summed E-state index contributed by atoms with van der Waals surface area (Å²) in [4.78, 5) is 23.4. The Kier molecular flexibility index (Phi) is 7.32. The normalized spacial score (nSPS) is 19.8. The molecule has 1 aliphatic heterocycles. The quantitative estimate of drug-likeness (QED) is 0.791. The number of aromatic nitrogens is 2. The molecule has 1 aromatic heterocycles. The van der Waals surface area contributed by atoms with Crippen molar-refractivity contribution < 1.29 is 19.0 Å². The van der Waals surface area contributed by atoms with Crippen LogP contribution in [0.2, 0.25) is 5.02 Å². The van der Waals surface area contributed by atoms with Crippen molar-refractivity contribution >= 4 is 30.0 Å². The summed E-state index contributed by atoms with van der Waals surface area (Å²) >= 11 is 5.75. The topological polar surface area (TPSA) is 93.4 Å². The highest BCUT2D eigenvalue weighted by Crippen LogP contribution is 2.30. The molecule has 0 unspecified atom stereocenters. The Morgan fingerprint density at radius 1 is 1.44 bits per heavy atom. The van der Waals surface area contributed by atoms with E-state index in [0.29, 0.717) is 25.3 Å². The van der Waals surface area contributed by atoms with Gasteiger partial charge in [-0.05, 0) is 23.8 Å². The minimum atomic E-state index is -1.31. The monoisotopic (exact) mass is 417 g/mol. The van der Waals surface area contributed by atoms with E-state index >= 15 is 0 Å². The first kappa shape index (κ1) is 21.3. The van der Waals surface area contributed by atoms with Gasteiger partial charge in [0, 0.05) is 25.2 Å². The summed E-state index contributed by atoms with van der Waals surface area (Å²) in [5, 5.41) is 16.3. The summed E-state index contributed by atoms with van der Waals surface area (Å²) in [6.07, 6.45) is 0.784. The second-order valence-corrected chi connectivity index (χ2v) is 6.37. The Balaban J connectivity index is 0.00000261. The lowest BCUT2D eigenvalue weighted by Crippen LogP contribution is -2.35. The first-order valence-corrected chi connectivity index (χ1v) is 8.42. The molecule has 1 aliphatic rings. The zero-order valence-corrected chi connectivity index (χ0v) is 15.7. The molecule has 146 valence electrons. The third-order valence-corrected chi connectivity index (χ3v) is 4.54. The molecule has 2 N–H and O–H groups in total. The number of benzene rings is 1. The highest BCUT2D eigenvalue weighted by atomic mass is 35.5. The van der Waals surface area contributed by atoms with E-state index in [0.717, 1.165) is 10.7 Å². The third-order valence-electron chi connectivity index (χ3n) is 4.23. The maximum absolute atomic E-state index is 13.9. The Morgan fingerprint density at radius 3 is 2.93 bits per heavy atom. The van der Waals surface area contributed by atoms with Crippen molar-refractivity contribution in [3.05, 3.63) is 62.8 Å². The first-order valence-electron chi connectivity index (χ1n) is 8.04. The molecule has 0 radical (unpaired) electrons. The number of carbonyl (C=O) groups is 1. The molecule has 1 aromatic carbocycles. The van der Waals surface area contributed by atoms with Crippen LogP contribution >= 0.6 is 24.0 Å². The molecule has 2 atom stereocenters. The van der Waals surface area contributed by atoms with Gasteiger partial charge < -0.3 is 15.2 Å². The van der Waals surface area contributed by atoms with Gasteiger partial charge in [-0.1, -0.05) is 17.7 Å². The van der Waals surface area contributed by atoms with Crippen molar-refractivity contribution in [2.75, 3.05) is 19.7 Å². The van der Waals surface area contributed by atoms with Crippen molar-refractivity contribution in [3.63, 3.8) is 0 Å². The third kappa shape index (κ3) is 4.84. The number of hydrogen-bond donors (Lipinski definition) is 2. The van der Waals surface area contributed by atoms with Crippen LogP contribution in [0.5, 0.6) is 0 Å². The van der Waals surface area contributed by atoms with Crippen LogP contribution in [0.15, 0.2) is 35.3 Å². The van der Waals surface area contributed by atoms with Gasteiger partial charge in [-0.3, -0.25) is 4.79 Å². The summed E-state index contributed by atoms with van der Waals surface area (Å²) in [7, 11) is 0. The fourth-order valence-electron chi connectivity index (χ4n) is 2.97. The number of carboxylic acid groups (broad SMARTS) is 1. The fraction of sp³-hybridized carbons (Fsp3) is 0.353. The summed E-state index contributed by atoms with van der Waals surface area (Å²) < 4.78 is 20.8.